The normalized spacial score (nSPS) is 20.6. The summed E-state index contributed by atoms with van der Waals surface area (Å²) in [5, 5.41) is 1.68. The number of hydrogen-bond donors (Lipinski definition) is 0. The van der Waals surface area contributed by atoms with Crippen molar-refractivity contribution >= 4 is 34.5 Å². The van der Waals surface area contributed by atoms with Crippen molar-refractivity contribution in [3.63, 3.8) is 0 Å². The Morgan fingerprint density at radius 2 is 2.41 bits per heavy atom. The van der Waals surface area contributed by atoms with Gasteiger partial charge in [0.2, 0.25) is 0 Å². The van der Waals surface area contributed by atoms with Crippen molar-refractivity contribution in [2.24, 2.45) is 0 Å². The summed E-state index contributed by atoms with van der Waals surface area (Å²) < 4.78 is 0. The number of aldehydes is 1. The van der Waals surface area contributed by atoms with Gasteiger partial charge in [0.1, 0.15) is 0 Å². The molecular weight excluding hydrogens is 252 g/mol. The third-order valence-electron chi connectivity index (χ3n) is 2.82. The van der Waals surface area contributed by atoms with Crippen LogP contribution >= 0.6 is 23.1 Å². The molecule has 1 aromatic rings. The number of nitrogens with zero attached hydrogens (tertiary/aromatic N) is 2. The van der Waals surface area contributed by atoms with Gasteiger partial charge in [0.05, 0.1) is 10.6 Å². The van der Waals surface area contributed by atoms with Gasteiger partial charge in [0.15, 0.2) is 11.4 Å². The second-order valence-electron chi connectivity index (χ2n) is 4.30. The predicted molar refractivity (Wildman–Crippen MR) is 75.6 cm³/mol. The number of carbonyl (C=O) groups excluding carboxylic acids is 1. The predicted octanol–water partition coefficient (Wildman–Crippen LogP) is 2.85. The van der Waals surface area contributed by atoms with E-state index in [1.807, 2.05) is 11.8 Å². The van der Waals surface area contributed by atoms with Gasteiger partial charge < -0.3 is 4.90 Å². The third kappa shape index (κ3) is 3.01. The first-order valence-corrected chi connectivity index (χ1v) is 7.92. The van der Waals surface area contributed by atoms with Crippen molar-refractivity contribution in [1.82, 2.24) is 4.98 Å². The van der Waals surface area contributed by atoms with Gasteiger partial charge in [-0.05, 0) is 6.42 Å². The van der Waals surface area contributed by atoms with Crippen LogP contribution in [0.25, 0.3) is 0 Å². The zero-order valence-electron chi connectivity index (χ0n) is 10.3. The van der Waals surface area contributed by atoms with Crippen LogP contribution in [0.4, 0.5) is 5.13 Å². The van der Waals surface area contributed by atoms with E-state index in [9.17, 15) is 4.79 Å². The van der Waals surface area contributed by atoms with Crippen molar-refractivity contribution in [1.29, 1.82) is 0 Å². The van der Waals surface area contributed by atoms with E-state index in [1.165, 1.54) is 0 Å². The summed E-state index contributed by atoms with van der Waals surface area (Å²) in [6, 6.07) is 0. The van der Waals surface area contributed by atoms with Crippen LogP contribution in [0.1, 0.15) is 35.6 Å². The van der Waals surface area contributed by atoms with Crippen LogP contribution < -0.4 is 4.90 Å². The summed E-state index contributed by atoms with van der Waals surface area (Å²) in [5.74, 6) is 1.15. The Kier molecular flexibility index (Phi) is 4.45. The number of carbonyl (C=O) groups is 1. The van der Waals surface area contributed by atoms with E-state index in [0.29, 0.717) is 5.25 Å². The SMILES string of the molecule is CCCc1nc(N2CCSC(C)C2)sc1C=O. The fraction of sp³-hybridized carbons (Fsp3) is 0.667. The van der Waals surface area contributed by atoms with Gasteiger partial charge in [-0.2, -0.15) is 11.8 Å². The highest BCUT2D eigenvalue weighted by atomic mass is 32.2. The number of aromatic nitrogens is 1. The molecule has 2 rings (SSSR count). The fourth-order valence-corrected chi connectivity index (χ4v) is 3.96. The maximum Gasteiger partial charge on any atom is 0.186 e. The van der Waals surface area contributed by atoms with Crippen LogP contribution in [-0.4, -0.2) is 35.4 Å². The van der Waals surface area contributed by atoms with E-state index in [-0.39, 0.29) is 0 Å². The van der Waals surface area contributed by atoms with E-state index in [0.717, 1.165) is 53.7 Å². The van der Waals surface area contributed by atoms with Gasteiger partial charge in [-0.25, -0.2) is 4.98 Å². The lowest BCUT2D eigenvalue weighted by molar-refractivity contribution is 0.112. The Bertz CT molecular complexity index is 392. The average molecular weight is 270 g/mol. The molecule has 0 amide bonds. The third-order valence-corrected chi connectivity index (χ3v) is 5.04. The Morgan fingerprint density at radius 3 is 3.06 bits per heavy atom. The summed E-state index contributed by atoms with van der Waals surface area (Å²) in [6.07, 6.45) is 2.90. The molecule has 1 atom stereocenters. The maximum atomic E-state index is 11.0. The Balaban J connectivity index is 2.17. The highest BCUT2D eigenvalue weighted by molar-refractivity contribution is 8.00. The lowest BCUT2D eigenvalue weighted by Crippen LogP contribution is -2.36. The van der Waals surface area contributed by atoms with Crippen LogP contribution in [0.15, 0.2) is 0 Å². The van der Waals surface area contributed by atoms with Gasteiger partial charge in [-0.3, -0.25) is 4.79 Å². The molecule has 0 spiro atoms. The lowest BCUT2D eigenvalue weighted by atomic mass is 10.2. The molecule has 0 aliphatic carbocycles. The van der Waals surface area contributed by atoms with Crippen LogP contribution in [0.5, 0.6) is 0 Å². The molecule has 5 heteroatoms. The zero-order chi connectivity index (χ0) is 12.3. The second kappa shape index (κ2) is 5.87. The highest BCUT2D eigenvalue weighted by Gasteiger charge is 2.21. The van der Waals surface area contributed by atoms with Crippen molar-refractivity contribution in [2.45, 2.75) is 31.9 Å². The highest BCUT2D eigenvalue weighted by Crippen LogP contribution is 2.29. The minimum absolute atomic E-state index is 0.655. The van der Waals surface area contributed by atoms with Gasteiger partial charge in [0, 0.05) is 24.1 Å². The largest absolute Gasteiger partial charge is 0.346 e. The lowest BCUT2D eigenvalue weighted by Gasteiger charge is -2.30. The topological polar surface area (TPSA) is 33.2 Å². The molecule has 17 heavy (non-hydrogen) atoms. The molecule has 1 unspecified atom stereocenters. The molecule has 94 valence electrons. The number of hydrogen-bond acceptors (Lipinski definition) is 5. The number of aryl methyl sites for hydroxylation is 1. The van der Waals surface area contributed by atoms with Crippen molar-refractivity contribution < 1.29 is 4.79 Å². The van der Waals surface area contributed by atoms with Crippen molar-refractivity contribution in [3.8, 4) is 0 Å². The summed E-state index contributed by atoms with van der Waals surface area (Å²) in [4.78, 5) is 18.8. The monoisotopic (exact) mass is 270 g/mol. The molecular formula is C12H18N2OS2. The van der Waals surface area contributed by atoms with Crippen LogP contribution in [-0.2, 0) is 6.42 Å². The average Bonchev–Trinajstić information content (AvgIpc) is 2.73. The molecule has 0 saturated carbocycles. The fourth-order valence-electron chi connectivity index (χ4n) is 1.99. The molecule has 0 bridgehead atoms. The molecule has 0 aromatic carbocycles. The Morgan fingerprint density at radius 1 is 1.59 bits per heavy atom. The Hall–Kier alpha value is -0.550. The van der Waals surface area contributed by atoms with Crippen LogP contribution in [0.2, 0.25) is 0 Å². The number of anilines is 1. The van der Waals surface area contributed by atoms with E-state index < -0.39 is 0 Å². The second-order valence-corrected chi connectivity index (χ2v) is 6.86. The van der Waals surface area contributed by atoms with Crippen molar-refractivity contribution in [2.75, 3.05) is 23.7 Å². The van der Waals surface area contributed by atoms with Gasteiger partial charge in [0.25, 0.3) is 0 Å². The van der Waals surface area contributed by atoms with Crippen LogP contribution in [0, 0.1) is 0 Å². The molecule has 1 aromatic heterocycles. The van der Waals surface area contributed by atoms with E-state index in [1.54, 1.807) is 11.3 Å². The molecule has 2 heterocycles. The van der Waals surface area contributed by atoms with E-state index in [4.69, 9.17) is 0 Å². The van der Waals surface area contributed by atoms with Gasteiger partial charge in [-0.15, -0.1) is 0 Å². The van der Waals surface area contributed by atoms with Gasteiger partial charge in [-0.1, -0.05) is 31.6 Å². The van der Waals surface area contributed by atoms with Gasteiger partial charge >= 0.3 is 0 Å². The summed E-state index contributed by atoms with van der Waals surface area (Å²) in [6.45, 7) is 6.46. The Labute approximate surface area is 111 Å². The molecule has 3 nitrogen and oxygen atoms in total. The number of thioether (sulfide) groups is 1. The molecule has 1 aliphatic heterocycles. The standard InChI is InChI=1S/C12H18N2OS2/c1-3-4-10-11(8-15)17-12(13-10)14-5-6-16-9(2)7-14/h8-9H,3-7H2,1-2H3. The zero-order valence-corrected chi connectivity index (χ0v) is 11.9. The molecule has 1 fully saturated rings. The summed E-state index contributed by atoms with van der Waals surface area (Å²) in [5.41, 5.74) is 0.980. The first-order valence-electron chi connectivity index (χ1n) is 6.06. The molecule has 0 N–H and O–H groups in total. The smallest absolute Gasteiger partial charge is 0.186 e. The quantitative estimate of drug-likeness (QED) is 0.788. The molecule has 1 aliphatic rings. The van der Waals surface area contributed by atoms with E-state index >= 15 is 0 Å². The first kappa shape index (κ1) is 12.9. The van der Waals surface area contributed by atoms with Crippen molar-refractivity contribution in [3.05, 3.63) is 10.6 Å². The summed E-state index contributed by atoms with van der Waals surface area (Å²) >= 11 is 3.55. The maximum absolute atomic E-state index is 11.0. The molecule has 0 radical (unpaired) electrons. The summed E-state index contributed by atoms with van der Waals surface area (Å²) in [7, 11) is 0. The van der Waals surface area contributed by atoms with Crippen LogP contribution in [0.3, 0.4) is 0 Å². The first-order chi connectivity index (χ1) is 8.24. The number of rotatable bonds is 4. The van der Waals surface area contributed by atoms with E-state index in [2.05, 4.69) is 23.7 Å². The molecule has 1 saturated heterocycles. The minimum atomic E-state index is 0.655. The number of thiazole rings is 1. The minimum Gasteiger partial charge on any atom is -0.346 e.